The first-order valence-electron chi connectivity index (χ1n) is 5.14. The van der Waals surface area contributed by atoms with E-state index in [0.717, 1.165) is 6.42 Å². The van der Waals surface area contributed by atoms with E-state index < -0.39 is 0 Å². The summed E-state index contributed by atoms with van der Waals surface area (Å²) in [7, 11) is 4.12. The first kappa shape index (κ1) is 11.2. The lowest BCUT2D eigenvalue weighted by molar-refractivity contribution is 0.306. The molecule has 0 saturated heterocycles. The Kier molecular flexibility index (Phi) is 4.11. The fourth-order valence-corrected chi connectivity index (χ4v) is 1.62. The van der Waals surface area contributed by atoms with Crippen molar-refractivity contribution in [2.45, 2.75) is 19.4 Å². The average molecular weight is 192 g/mol. The molecule has 0 aliphatic heterocycles. The highest BCUT2D eigenvalue weighted by Crippen LogP contribution is 2.17. The van der Waals surface area contributed by atoms with E-state index in [1.54, 1.807) is 0 Å². The van der Waals surface area contributed by atoms with Gasteiger partial charge in [-0.2, -0.15) is 0 Å². The summed E-state index contributed by atoms with van der Waals surface area (Å²) in [6, 6.07) is 9.05. The molecular formula is C12H20N2. The molecule has 2 N–H and O–H groups in total. The molecule has 0 aliphatic carbocycles. The van der Waals surface area contributed by atoms with Crippen LogP contribution in [-0.4, -0.2) is 25.5 Å². The molecular weight excluding hydrogens is 172 g/mol. The maximum Gasteiger partial charge on any atom is 0.0464 e. The van der Waals surface area contributed by atoms with Crippen molar-refractivity contribution in [1.29, 1.82) is 0 Å². The quantitative estimate of drug-likeness (QED) is 0.788. The standard InChI is InChI=1S/C12H20N2/c1-4-10-5-7-11(8-6-10)12(9-13)14(2)3/h5-8,12H,4,9,13H2,1-3H3/t12-/m1/s1. The Morgan fingerprint density at radius 2 is 1.79 bits per heavy atom. The van der Waals surface area contributed by atoms with E-state index in [1.807, 2.05) is 0 Å². The topological polar surface area (TPSA) is 29.3 Å². The van der Waals surface area contributed by atoms with Crippen molar-refractivity contribution in [3.05, 3.63) is 35.4 Å². The van der Waals surface area contributed by atoms with Crippen LogP contribution in [0.4, 0.5) is 0 Å². The lowest BCUT2D eigenvalue weighted by Crippen LogP contribution is -2.27. The summed E-state index contributed by atoms with van der Waals surface area (Å²) >= 11 is 0. The Balaban J connectivity index is 2.84. The van der Waals surface area contributed by atoms with E-state index in [4.69, 9.17) is 5.73 Å². The van der Waals surface area contributed by atoms with Gasteiger partial charge in [0.2, 0.25) is 0 Å². The summed E-state index contributed by atoms with van der Waals surface area (Å²) in [5, 5.41) is 0. The van der Waals surface area contributed by atoms with Crippen LogP contribution in [0.25, 0.3) is 0 Å². The van der Waals surface area contributed by atoms with Gasteiger partial charge in [0.05, 0.1) is 0 Å². The predicted octanol–water partition coefficient (Wildman–Crippen LogP) is 1.81. The molecule has 0 heterocycles. The molecule has 0 fully saturated rings. The van der Waals surface area contributed by atoms with Crippen LogP contribution in [-0.2, 0) is 6.42 Å². The Labute approximate surface area is 86.7 Å². The third-order valence-electron chi connectivity index (χ3n) is 2.62. The third-order valence-corrected chi connectivity index (χ3v) is 2.62. The van der Waals surface area contributed by atoms with Gasteiger partial charge in [-0.1, -0.05) is 31.2 Å². The van der Waals surface area contributed by atoms with Gasteiger partial charge in [0, 0.05) is 12.6 Å². The Bertz CT molecular complexity index is 264. The predicted molar refractivity (Wildman–Crippen MR) is 61.3 cm³/mol. The van der Waals surface area contributed by atoms with Gasteiger partial charge in [-0.05, 0) is 31.6 Å². The van der Waals surface area contributed by atoms with Gasteiger partial charge < -0.3 is 10.6 Å². The molecule has 1 atom stereocenters. The van der Waals surface area contributed by atoms with Crippen molar-refractivity contribution < 1.29 is 0 Å². The minimum Gasteiger partial charge on any atom is -0.329 e. The summed E-state index contributed by atoms with van der Waals surface area (Å²) in [4.78, 5) is 2.15. The van der Waals surface area contributed by atoms with Gasteiger partial charge in [0.1, 0.15) is 0 Å². The number of nitrogens with zero attached hydrogens (tertiary/aromatic N) is 1. The zero-order valence-electron chi connectivity index (χ0n) is 9.33. The lowest BCUT2D eigenvalue weighted by Gasteiger charge is -2.23. The lowest BCUT2D eigenvalue weighted by atomic mass is 10.0. The summed E-state index contributed by atoms with van der Waals surface area (Å²) in [5.74, 6) is 0. The summed E-state index contributed by atoms with van der Waals surface area (Å²) in [6.45, 7) is 2.83. The normalized spacial score (nSPS) is 13.2. The van der Waals surface area contributed by atoms with E-state index in [0.29, 0.717) is 12.6 Å². The number of benzene rings is 1. The largest absolute Gasteiger partial charge is 0.329 e. The molecule has 1 aromatic carbocycles. The number of nitrogens with two attached hydrogens (primary N) is 1. The van der Waals surface area contributed by atoms with Crippen LogP contribution in [0, 0.1) is 0 Å². The summed E-state index contributed by atoms with van der Waals surface area (Å²) in [6.07, 6.45) is 1.09. The fraction of sp³-hybridized carbons (Fsp3) is 0.500. The van der Waals surface area contributed by atoms with E-state index in [-0.39, 0.29) is 0 Å². The van der Waals surface area contributed by atoms with Crippen LogP contribution in [0.15, 0.2) is 24.3 Å². The minimum absolute atomic E-state index is 0.334. The van der Waals surface area contributed by atoms with Crippen molar-refractivity contribution in [1.82, 2.24) is 4.90 Å². The van der Waals surface area contributed by atoms with Crippen LogP contribution >= 0.6 is 0 Å². The second-order valence-electron chi connectivity index (χ2n) is 3.81. The maximum atomic E-state index is 5.73. The molecule has 1 rings (SSSR count). The number of likely N-dealkylation sites (N-methyl/N-ethyl adjacent to an activating group) is 1. The van der Waals surface area contributed by atoms with Crippen LogP contribution in [0.2, 0.25) is 0 Å². The average Bonchev–Trinajstić information content (AvgIpc) is 2.19. The number of hydrogen-bond donors (Lipinski definition) is 1. The SMILES string of the molecule is CCc1ccc([C@@H](CN)N(C)C)cc1. The second-order valence-corrected chi connectivity index (χ2v) is 3.81. The third kappa shape index (κ3) is 2.56. The molecule has 2 heteroatoms. The smallest absolute Gasteiger partial charge is 0.0464 e. The van der Waals surface area contributed by atoms with Gasteiger partial charge in [0.25, 0.3) is 0 Å². The van der Waals surface area contributed by atoms with E-state index in [1.165, 1.54) is 11.1 Å². The van der Waals surface area contributed by atoms with Gasteiger partial charge >= 0.3 is 0 Å². The molecule has 0 saturated carbocycles. The first-order valence-corrected chi connectivity index (χ1v) is 5.14. The molecule has 0 spiro atoms. The van der Waals surface area contributed by atoms with Crippen LogP contribution in [0.5, 0.6) is 0 Å². The molecule has 0 aromatic heterocycles. The fourth-order valence-electron chi connectivity index (χ4n) is 1.62. The Morgan fingerprint density at radius 3 is 2.14 bits per heavy atom. The second kappa shape index (κ2) is 5.13. The molecule has 0 aliphatic rings. The number of aryl methyl sites for hydroxylation is 1. The molecule has 0 radical (unpaired) electrons. The highest BCUT2D eigenvalue weighted by atomic mass is 15.1. The monoisotopic (exact) mass is 192 g/mol. The zero-order chi connectivity index (χ0) is 10.6. The molecule has 78 valence electrons. The number of rotatable bonds is 4. The van der Waals surface area contributed by atoms with Crippen LogP contribution in [0.1, 0.15) is 24.1 Å². The van der Waals surface area contributed by atoms with Crippen molar-refractivity contribution in [3.63, 3.8) is 0 Å². The maximum absolute atomic E-state index is 5.73. The van der Waals surface area contributed by atoms with Gasteiger partial charge in [0.15, 0.2) is 0 Å². The van der Waals surface area contributed by atoms with Crippen molar-refractivity contribution >= 4 is 0 Å². The molecule has 2 nitrogen and oxygen atoms in total. The summed E-state index contributed by atoms with van der Waals surface area (Å²) < 4.78 is 0. The number of hydrogen-bond acceptors (Lipinski definition) is 2. The van der Waals surface area contributed by atoms with E-state index in [9.17, 15) is 0 Å². The van der Waals surface area contributed by atoms with E-state index in [2.05, 4.69) is 50.2 Å². The van der Waals surface area contributed by atoms with Gasteiger partial charge in [-0.25, -0.2) is 0 Å². The highest BCUT2D eigenvalue weighted by Gasteiger charge is 2.10. The van der Waals surface area contributed by atoms with Crippen LogP contribution in [0.3, 0.4) is 0 Å². The van der Waals surface area contributed by atoms with Crippen molar-refractivity contribution in [2.24, 2.45) is 5.73 Å². The first-order chi connectivity index (χ1) is 6.69. The molecule has 14 heavy (non-hydrogen) atoms. The van der Waals surface area contributed by atoms with Crippen molar-refractivity contribution in [2.75, 3.05) is 20.6 Å². The Morgan fingerprint density at radius 1 is 1.21 bits per heavy atom. The van der Waals surface area contributed by atoms with Gasteiger partial charge in [-0.3, -0.25) is 0 Å². The molecule has 0 bridgehead atoms. The van der Waals surface area contributed by atoms with Crippen molar-refractivity contribution in [3.8, 4) is 0 Å². The summed E-state index contributed by atoms with van der Waals surface area (Å²) in [5.41, 5.74) is 8.41. The molecule has 0 unspecified atom stereocenters. The van der Waals surface area contributed by atoms with Crippen LogP contribution < -0.4 is 5.73 Å². The molecule has 1 aromatic rings. The Hall–Kier alpha value is -0.860. The van der Waals surface area contributed by atoms with E-state index >= 15 is 0 Å². The zero-order valence-corrected chi connectivity index (χ0v) is 9.33. The minimum atomic E-state index is 0.334. The van der Waals surface area contributed by atoms with Gasteiger partial charge in [-0.15, -0.1) is 0 Å². The highest BCUT2D eigenvalue weighted by molar-refractivity contribution is 5.25. The molecule has 0 amide bonds.